The quantitative estimate of drug-likeness (QED) is 0.567. The van der Waals surface area contributed by atoms with Crippen molar-refractivity contribution in [3.8, 4) is 0 Å². The second-order valence-electron chi connectivity index (χ2n) is 5.66. The summed E-state index contributed by atoms with van der Waals surface area (Å²) in [7, 11) is 0. The minimum Gasteiger partial charge on any atom is -0.444 e. The average molecular weight is 404 g/mol. The number of anilines is 1. The number of alkyl halides is 3. The van der Waals surface area contributed by atoms with Gasteiger partial charge in [0.15, 0.2) is 0 Å². The fourth-order valence-electron chi connectivity index (χ4n) is 2.30. The number of nitrogens with zero attached hydrogens (tertiary/aromatic N) is 1. The van der Waals surface area contributed by atoms with E-state index < -0.39 is 17.8 Å². The summed E-state index contributed by atoms with van der Waals surface area (Å²) < 4.78 is 43.4. The number of pyridine rings is 1. The first kappa shape index (κ1) is 19.8. The van der Waals surface area contributed by atoms with Gasteiger partial charge in [-0.1, -0.05) is 42.1 Å². The number of hydrogen-bond acceptors (Lipinski definition) is 4. The molecule has 0 unspecified atom stereocenters. The number of nitrogens with one attached hydrogen (secondary N) is 1. The molecular formula is C20H15F3N2O2S. The Kier molecular flexibility index (Phi) is 6.20. The summed E-state index contributed by atoms with van der Waals surface area (Å²) in [4.78, 5) is 17.3. The predicted octanol–water partition coefficient (Wildman–Crippen LogP) is 6.00. The van der Waals surface area contributed by atoms with Crippen molar-refractivity contribution in [1.29, 1.82) is 0 Å². The first-order valence-corrected chi connectivity index (χ1v) is 9.01. The first-order valence-electron chi connectivity index (χ1n) is 8.19. The number of halogens is 3. The van der Waals surface area contributed by atoms with Crippen molar-refractivity contribution in [3.63, 3.8) is 0 Å². The van der Waals surface area contributed by atoms with E-state index >= 15 is 0 Å². The van der Waals surface area contributed by atoms with Crippen molar-refractivity contribution in [3.05, 3.63) is 84.1 Å². The van der Waals surface area contributed by atoms with Gasteiger partial charge in [-0.15, -0.1) is 0 Å². The fourth-order valence-corrected chi connectivity index (χ4v) is 3.18. The lowest BCUT2D eigenvalue weighted by atomic mass is 10.2. The number of aromatic nitrogens is 1. The molecule has 1 amide bonds. The number of rotatable bonds is 5. The van der Waals surface area contributed by atoms with Gasteiger partial charge in [0.2, 0.25) is 0 Å². The lowest BCUT2D eigenvalue weighted by molar-refractivity contribution is -0.137. The maximum absolute atomic E-state index is 12.7. The minimum atomic E-state index is -4.49. The highest BCUT2D eigenvalue weighted by Gasteiger charge is 2.30. The molecule has 0 saturated carbocycles. The lowest BCUT2D eigenvalue weighted by Crippen LogP contribution is -2.14. The van der Waals surface area contributed by atoms with Crippen LogP contribution in [0, 0.1) is 0 Å². The fraction of sp³-hybridized carbons (Fsp3) is 0.100. The molecular weight excluding hydrogens is 389 g/mol. The number of ether oxygens (including phenoxy) is 1. The molecule has 4 nitrogen and oxygen atoms in total. The summed E-state index contributed by atoms with van der Waals surface area (Å²) in [5.41, 5.74) is -0.153. The van der Waals surface area contributed by atoms with Gasteiger partial charge in [0.05, 0.1) is 5.56 Å². The van der Waals surface area contributed by atoms with E-state index in [-0.39, 0.29) is 12.3 Å². The van der Waals surface area contributed by atoms with Crippen molar-refractivity contribution < 1.29 is 22.7 Å². The molecule has 0 saturated heterocycles. The molecule has 0 atom stereocenters. The summed E-state index contributed by atoms with van der Waals surface area (Å²) in [6.45, 7) is -0.0617. The van der Waals surface area contributed by atoms with Crippen LogP contribution in [0.4, 0.5) is 23.7 Å². The molecule has 0 bridgehead atoms. The van der Waals surface area contributed by atoms with Gasteiger partial charge in [-0.3, -0.25) is 5.32 Å². The van der Waals surface area contributed by atoms with Crippen LogP contribution in [-0.2, 0) is 17.5 Å². The third kappa shape index (κ3) is 5.50. The summed E-state index contributed by atoms with van der Waals surface area (Å²) in [5, 5.41) is 2.99. The minimum absolute atomic E-state index is 0.00453. The monoisotopic (exact) mass is 404 g/mol. The molecule has 2 aromatic carbocycles. The Hall–Kier alpha value is -3.00. The molecule has 144 valence electrons. The molecule has 0 aliphatic carbocycles. The molecule has 1 aromatic heterocycles. The largest absolute Gasteiger partial charge is 0.444 e. The van der Waals surface area contributed by atoms with E-state index in [1.165, 1.54) is 23.9 Å². The SMILES string of the molecule is O=C(Nc1cccc(C(F)(F)F)c1)OCc1cccnc1Sc1ccccc1. The standard InChI is InChI=1S/C20H15F3N2O2S/c21-20(22,23)15-7-4-8-16(12-15)25-19(26)27-13-14-6-5-11-24-18(14)28-17-9-2-1-3-10-17/h1-12H,13H2,(H,25,26). The molecule has 3 aromatic rings. The molecule has 28 heavy (non-hydrogen) atoms. The van der Waals surface area contributed by atoms with Crippen molar-refractivity contribution in [2.24, 2.45) is 0 Å². The third-order valence-corrected chi connectivity index (χ3v) is 4.67. The van der Waals surface area contributed by atoms with Crippen LogP contribution in [0.25, 0.3) is 0 Å². The molecule has 0 radical (unpaired) electrons. The van der Waals surface area contributed by atoms with Crippen LogP contribution >= 0.6 is 11.8 Å². The zero-order valence-corrected chi connectivity index (χ0v) is 15.3. The van der Waals surface area contributed by atoms with Crippen molar-refractivity contribution in [2.75, 3.05) is 5.32 Å². The summed E-state index contributed by atoms with van der Waals surface area (Å²) in [5.74, 6) is 0. The molecule has 0 fully saturated rings. The number of carbonyl (C=O) groups is 1. The Labute approximate surface area is 163 Å². The summed E-state index contributed by atoms with van der Waals surface area (Å²) >= 11 is 1.43. The van der Waals surface area contributed by atoms with E-state index in [2.05, 4.69) is 10.3 Å². The van der Waals surface area contributed by atoms with E-state index in [0.717, 1.165) is 17.0 Å². The van der Waals surface area contributed by atoms with E-state index in [1.54, 1.807) is 18.3 Å². The lowest BCUT2D eigenvalue weighted by Gasteiger charge is -2.11. The van der Waals surface area contributed by atoms with Crippen LogP contribution in [0.2, 0.25) is 0 Å². The highest BCUT2D eigenvalue weighted by Crippen LogP contribution is 2.31. The van der Waals surface area contributed by atoms with Crippen molar-refractivity contribution in [1.82, 2.24) is 4.98 Å². The van der Waals surface area contributed by atoms with Gasteiger partial charge in [0, 0.05) is 22.3 Å². The van der Waals surface area contributed by atoms with Gasteiger partial charge in [-0.2, -0.15) is 13.2 Å². The van der Waals surface area contributed by atoms with E-state index in [9.17, 15) is 18.0 Å². The molecule has 1 heterocycles. The van der Waals surface area contributed by atoms with Crippen molar-refractivity contribution >= 4 is 23.5 Å². The van der Waals surface area contributed by atoms with Gasteiger partial charge >= 0.3 is 12.3 Å². The van der Waals surface area contributed by atoms with E-state index in [0.29, 0.717) is 10.6 Å². The van der Waals surface area contributed by atoms with Crippen LogP contribution < -0.4 is 5.32 Å². The Bertz CT molecular complexity index is 949. The highest BCUT2D eigenvalue weighted by molar-refractivity contribution is 7.99. The second kappa shape index (κ2) is 8.79. The van der Waals surface area contributed by atoms with Crippen LogP contribution in [-0.4, -0.2) is 11.1 Å². The number of carbonyl (C=O) groups excluding carboxylic acids is 1. The Balaban J connectivity index is 1.62. The second-order valence-corrected chi connectivity index (χ2v) is 6.72. The Morgan fingerprint density at radius 1 is 1.04 bits per heavy atom. The van der Waals surface area contributed by atoms with Gasteiger partial charge in [-0.05, 0) is 36.4 Å². The average Bonchev–Trinajstić information content (AvgIpc) is 2.68. The van der Waals surface area contributed by atoms with E-state index in [4.69, 9.17) is 4.74 Å². The Morgan fingerprint density at radius 2 is 1.82 bits per heavy atom. The van der Waals surface area contributed by atoms with Gasteiger partial charge in [-0.25, -0.2) is 9.78 Å². The maximum Gasteiger partial charge on any atom is 0.416 e. The van der Waals surface area contributed by atoms with Crippen LogP contribution in [0.1, 0.15) is 11.1 Å². The predicted molar refractivity (Wildman–Crippen MR) is 100 cm³/mol. The normalized spacial score (nSPS) is 11.1. The van der Waals surface area contributed by atoms with Gasteiger partial charge < -0.3 is 4.74 Å². The molecule has 0 spiro atoms. The molecule has 1 N–H and O–H groups in total. The number of amides is 1. The zero-order chi connectivity index (χ0) is 20.0. The summed E-state index contributed by atoms with van der Waals surface area (Å²) in [6, 6.07) is 17.4. The zero-order valence-electron chi connectivity index (χ0n) is 14.4. The molecule has 0 aliphatic heterocycles. The Morgan fingerprint density at radius 3 is 2.57 bits per heavy atom. The van der Waals surface area contributed by atoms with Gasteiger partial charge in [0.25, 0.3) is 0 Å². The van der Waals surface area contributed by atoms with E-state index in [1.807, 2.05) is 30.3 Å². The van der Waals surface area contributed by atoms with Crippen LogP contribution in [0.3, 0.4) is 0 Å². The topological polar surface area (TPSA) is 51.2 Å². The van der Waals surface area contributed by atoms with Crippen LogP contribution in [0.15, 0.2) is 82.8 Å². The number of benzene rings is 2. The van der Waals surface area contributed by atoms with Gasteiger partial charge in [0.1, 0.15) is 11.6 Å². The summed E-state index contributed by atoms with van der Waals surface area (Å²) in [6.07, 6.45) is -3.70. The van der Waals surface area contributed by atoms with Crippen molar-refractivity contribution in [2.45, 2.75) is 22.7 Å². The molecule has 8 heteroatoms. The molecule has 3 rings (SSSR count). The highest BCUT2D eigenvalue weighted by atomic mass is 32.2. The third-order valence-electron chi connectivity index (χ3n) is 3.60. The van der Waals surface area contributed by atoms with Crippen LogP contribution in [0.5, 0.6) is 0 Å². The smallest absolute Gasteiger partial charge is 0.416 e. The first-order chi connectivity index (χ1) is 13.4. The molecule has 0 aliphatic rings. The maximum atomic E-state index is 12.7. The number of hydrogen-bond donors (Lipinski definition) is 1.